The first-order chi connectivity index (χ1) is 4.34. The van der Waals surface area contributed by atoms with Crippen LogP contribution in [0, 0.1) is 6.54 Å². The largest absolute Gasteiger partial charge is 1.00 e. The molecule has 1 radical (unpaired) electrons. The van der Waals surface area contributed by atoms with Gasteiger partial charge in [0.25, 0.3) is 0 Å². The molecule has 0 amide bonds. The molecule has 4 nitrogen and oxygen atoms in total. The first kappa shape index (κ1) is 19.7. The summed E-state index contributed by atoms with van der Waals surface area (Å²) in [5, 5.41) is 0. The minimum atomic E-state index is -3.25. The summed E-state index contributed by atoms with van der Waals surface area (Å²) in [4.78, 5) is 19.2. The van der Waals surface area contributed by atoms with E-state index in [-0.39, 0.29) is 84.4 Å². The fourth-order valence-corrected chi connectivity index (χ4v) is 0.747. The molecule has 0 saturated heterocycles. The average molecular weight is 436 g/mol. The molecular weight excluding hydrogens is 425 g/mol. The maximum Gasteiger partial charge on any atom is 1.00 e. The van der Waals surface area contributed by atoms with Gasteiger partial charge in [0.05, 0.1) is 0 Å². The van der Waals surface area contributed by atoms with Crippen LogP contribution in [-0.2, 0) is 29.8 Å². The van der Waals surface area contributed by atoms with Crippen molar-refractivity contribution >= 4 is 13.3 Å². The van der Waals surface area contributed by atoms with Crippen molar-refractivity contribution < 1.29 is 92.9 Å². The van der Waals surface area contributed by atoms with Crippen LogP contribution in [-0.4, -0.2) is 29.1 Å². The smallest absolute Gasteiger partial charge is 0.364 e. The first-order valence-electron chi connectivity index (χ1n) is 2.73. The van der Waals surface area contributed by atoms with Gasteiger partial charge >= 0.3 is 58.2 Å². The van der Waals surface area contributed by atoms with Crippen LogP contribution in [0.25, 0.3) is 0 Å². The number of rotatable bonds is 3. The van der Waals surface area contributed by atoms with Crippen molar-refractivity contribution in [1.29, 1.82) is 0 Å². The number of hydrogen-bond acceptors (Lipinski definition) is 2. The van der Waals surface area contributed by atoms with Crippen LogP contribution in [0.3, 0.4) is 0 Å². The second-order valence-corrected chi connectivity index (χ2v) is 4.45. The summed E-state index contributed by atoms with van der Waals surface area (Å²) >= 11 is 0. The third kappa shape index (κ3) is 10.2. The van der Waals surface area contributed by atoms with Crippen LogP contribution < -0.4 is 58.2 Å². The number of hydrogen-bond donors (Lipinski definition) is 1. The molecule has 1 atom stereocenters. The molecule has 0 fully saturated rings. The summed E-state index contributed by atoms with van der Waals surface area (Å²) in [7, 11) is -1.86. The Morgan fingerprint density at radius 1 is 1.58 bits per heavy atom. The van der Waals surface area contributed by atoms with Crippen LogP contribution in [0.5, 0.6) is 0 Å². The Morgan fingerprint density at radius 2 is 1.92 bits per heavy atom. The third-order valence-electron chi connectivity index (χ3n) is 0.954. The van der Waals surface area contributed by atoms with E-state index >= 15 is 0 Å². The minimum absolute atomic E-state index is 0. The molecular formula is C5H11NO3PRbRe. The van der Waals surface area contributed by atoms with Gasteiger partial charge in [0.2, 0.25) is 7.52 Å². The first-order valence-corrected chi connectivity index (χ1v) is 4.79. The van der Waals surface area contributed by atoms with Crippen molar-refractivity contribution in [3.8, 4) is 0 Å². The maximum atomic E-state index is 10.7. The molecule has 0 aliphatic carbocycles. The van der Waals surface area contributed by atoms with Crippen LogP contribution in [0.15, 0.2) is 0 Å². The molecule has 0 aromatic heterocycles. The van der Waals surface area contributed by atoms with Gasteiger partial charge in [-0.2, -0.15) is 0 Å². The van der Waals surface area contributed by atoms with Crippen LogP contribution >= 0.6 is 7.52 Å². The number of likely N-dealkylation sites (N-methyl/N-ethyl adjacent to an activating group) is 1. The van der Waals surface area contributed by atoms with E-state index in [0.717, 1.165) is 11.2 Å². The quantitative estimate of drug-likeness (QED) is 0.393. The van der Waals surface area contributed by atoms with E-state index in [1.165, 1.54) is 20.6 Å². The summed E-state index contributed by atoms with van der Waals surface area (Å²) in [5.74, 6) is -0.237. The Morgan fingerprint density at radius 3 is 2.00 bits per heavy atom. The molecule has 67 valence electrons. The minimum Gasteiger partial charge on any atom is -0.364 e. The predicted octanol–water partition coefficient (Wildman–Crippen LogP) is -2.51. The van der Waals surface area contributed by atoms with Gasteiger partial charge in [0, 0.05) is 32.9 Å². The summed E-state index contributed by atoms with van der Waals surface area (Å²) in [6.07, 6.45) is 0. The molecule has 0 aliphatic rings. The summed E-state index contributed by atoms with van der Waals surface area (Å²) in [5.41, 5.74) is 0. The van der Waals surface area contributed by atoms with Crippen molar-refractivity contribution in [2.24, 2.45) is 0 Å². The standard InChI is InChI=1S/C5H11NO3P.Rb.Re/c1-5(7)4-6(2)10(3,8)9;;/h4H,1-3H3,(H,8,9);;/q-1;+1;. The SMILES string of the molecule is CC(=O)[CH-]N(C)P(C)(=O)O.[Rb+].[Re]. The number of carbonyl (C=O) groups excluding carboxylic acids is 1. The normalized spacial score (nSPS) is 13.8. The van der Waals surface area contributed by atoms with Crippen LogP contribution in [0.4, 0.5) is 0 Å². The number of carbonyl (C=O) groups is 1. The van der Waals surface area contributed by atoms with E-state index in [1.54, 1.807) is 0 Å². The Hall–Kier alpha value is 2.16. The van der Waals surface area contributed by atoms with Crippen molar-refractivity contribution in [2.75, 3.05) is 13.7 Å². The summed E-state index contributed by atoms with van der Waals surface area (Å²) in [6.45, 7) is 3.60. The van der Waals surface area contributed by atoms with E-state index in [0.29, 0.717) is 0 Å². The van der Waals surface area contributed by atoms with Crippen molar-refractivity contribution in [1.82, 2.24) is 4.67 Å². The zero-order valence-corrected chi connectivity index (χ0v) is 16.1. The molecule has 0 heterocycles. The van der Waals surface area contributed by atoms with Gasteiger partial charge in [-0.3, -0.25) is 11.1 Å². The van der Waals surface area contributed by atoms with Crippen molar-refractivity contribution in [3.63, 3.8) is 0 Å². The molecule has 1 unspecified atom stereocenters. The van der Waals surface area contributed by atoms with Crippen LogP contribution in [0.2, 0.25) is 0 Å². The van der Waals surface area contributed by atoms with Gasteiger partial charge in [0.15, 0.2) is 0 Å². The predicted molar refractivity (Wildman–Crippen MR) is 38.5 cm³/mol. The molecule has 0 aromatic rings. The number of ketones is 1. The van der Waals surface area contributed by atoms with Gasteiger partial charge in [0.1, 0.15) is 0 Å². The second-order valence-electron chi connectivity index (χ2n) is 2.15. The van der Waals surface area contributed by atoms with E-state index in [4.69, 9.17) is 4.89 Å². The maximum absolute atomic E-state index is 10.7. The fourth-order valence-electron chi connectivity index (χ4n) is 0.370. The molecule has 0 aromatic carbocycles. The zero-order valence-electron chi connectivity index (χ0n) is 7.61. The van der Waals surface area contributed by atoms with Crippen molar-refractivity contribution in [2.45, 2.75) is 6.92 Å². The topological polar surface area (TPSA) is 57.6 Å². The molecule has 0 saturated carbocycles. The van der Waals surface area contributed by atoms with Gasteiger partial charge in [-0.05, 0) is 14.0 Å². The van der Waals surface area contributed by atoms with Gasteiger partial charge in [-0.15, -0.1) is 0 Å². The van der Waals surface area contributed by atoms with Crippen molar-refractivity contribution in [3.05, 3.63) is 6.54 Å². The Labute approximate surface area is 135 Å². The number of Topliss-reactive ketones (excluding diaryl/α,β-unsaturated/α-hetero) is 1. The summed E-state index contributed by atoms with van der Waals surface area (Å²) in [6, 6.07) is 0. The van der Waals surface area contributed by atoms with E-state index in [2.05, 4.69) is 0 Å². The molecule has 0 bridgehead atoms. The Bertz CT molecular complexity index is 184. The number of nitrogens with zero attached hydrogens (tertiary/aromatic N) is 1. The van der Waals surface area contributed by atoms with E-state index in [1.807, 2.05) is 0 Å². The van der Waals surface area contributed by atoms with Gasteiger partial charge < -0.3 is 14.4 Å². The average Bonchev–Trinajstić information content (AvgIpc) is 1.60. The third-order valence-corrected chi connectivity index (χ3v) is 2.24. The molecule has 12 heavy (non-hydrogen) atoms. The monoisotopic (exact) mass is 436 g/mol. The van der Waals surface area contributed by atoms with Crippen LogP contribution in [0.1, 0.15) is 6.92 Å². The Kier molecular flexibility index (Phi) is 13.9. The Balaban J connectivity index is -0.000000405. The molecule has 0 spiro atoms. The van der Waals surface area contributed by atoms with E-state index < -0.39 is 7.52 Å². The van der Waals surface area contributed by atoms with Gasteiger partial charge in [-0.25, -0.2) is 0 Å². The molecule has 7 heteroatoms. The summed E-state index contributed by atoms with van der Waals surface area (Å²) < 4.78 is 11.8. The zero-order chi connectivity index (χ0) is 8.36. The molecule has 1 N–H and O–H groups in total. The van der Waals surface area contributed by atoms with E-state index in [9.17, 15) is 9.36 Å². The van der Waals surface area contributed by atoms with Gasteiger partial charge in [-0.1, -0.05) is 0 Å². The fraction of sp³-hybridized carbons (Fsp3) is 0.600. The molecule has 0 rings (SSSR count). The molecule has 0 aliphatic heterocycles. The second kappa shape index (κ2) is 8.46.